The summed E-state index contributed by atoms with van der Waals surface area (Å²) in [5.74, 6) is 0.0226. The molecule has 0 saturated heterocycles. The average molecular weight is 381 g/mol. The van der Waals surface area contributed by atoms with Crippen LogP contribution in [0.4, 0.5) is 5.69 Å². The van der Waals surface area contributed by atoms with Gasteiger partial charge in [0.1, 0.15) is 5.75 Å². The lowest BCUT2D eigenvalue weighted by atomic mass is 10.3. The molecule has 0 radical (unpaired) electrons. The molecule has 0 aromatic heterocycles. The maximum Gasteiger partial charge on any atom is 0.262 e. The molecule has 0 spiro atoms. The van der Waals surface area contributed by atoms with Gasteiger partial charge in [-0.3, -0.25) is 4.79 Å². The summed E-state index contributed by atoms with van der Waals surface area (Å²) in [5, 5.41) is 3.03. The van der Waals surface area contributed by atoms with Crippen molar-refractivity contribution in [2.75, 3.05) is 18.5 Å². The quantitative estimate of drug-likeness (QED) is 0.690. The second kappa shape index (κ2) is 8.66. The molecular weight excluding hydrogens is 364 g/mol. The Labute approximate surface area is 151 Å². The van der Waals surface area contributed by atoms with E-state index in [1.54, 1.807) is 24.3 Å². The number of para-hydroxylation sites is 1. The summed E-state index contributed by atoms with van der Waals surface area (Å²) in [6, 6.07) is 12.6. The third kappa shape index (κ3) is 5.60. The van der Waals surface area contributed by atoms with Gasteiger partial charge in [0.15, 0.2) is 6.61 Å². The molecule has 6 nitrogen and oxygen atoms in total. The van der Waals surface area contributed by atoms with Crippen LogP contribution in [0, 0.1) is 0 Å². The number of ether oxygens (including phenoxy) is 1. The third-order valence-corrected chi connectivity index (χ3v) is 4.81. The molecule has 0 unspecified atom stereocenters. The average Bonchev–Trinajstić information content (AvgIpc) is 2.60. The lowest BCUT2D eigenvalue weighted by Crippen LogP contribution is -2.23. The van der Waals surface area contributed by atoms with Gasteiger partial charge in [0.2, 0.25) is 10.0 Å². The number of benzene rings is 2. The molecule has 132 valence electrons. The number of hydrogen-bond acceptors (Lipinski definition) is 4. The number of carbonyl (C=O) groups excluding carboxylic acids is 1. The first kappa shape index (κ1) is 19.0. The highest BCUT2D eigenvalue weighted by Gasteiger charge is 2.13. The molecule has 0 aliphatic heterocycles. The largest absolute Gasteiger partial charge is 0.482 e. The van der Waals surface area contributed by atoms with Crippen LogP contribution in [0.5, 0.6) is 5.75 Å². The van der Waals surface area contributed by atoms with Gasteiger partial charge >= 0.3 is 0 Å². The maximum absolute atomic E-state index is 11.9. The van der Waals surface area contributed by atoms with E-state index in [4.69, 9.17) is 16.3 Å². The fourth-order valence-corrected chi connectivity index (χ4v) is 3.06. The zero-order valence-electron chi connectivity index (χ0n) is 13.2. The van der Waals surface area contributed by atoms with Crippen molar-refractivity contribution >= 4 is 33.2 Å². The monoisotopic (exact) mass is 380 g/mol. The van der Waals surface area contributed by atoms with E-state index < -0.39 is 10.0 Å². The van der Waals surface area contributed by atoms with Gasteiger partial charge < -0.3 is 10.1 Å². The van der Waals surface area contributed by atoms with E-state index in [1.165, 1.54) is 30.3 Å². The molecule has 0 atom stereocenters. The highest BCUT2D eigenvalue weighted by molar-refractivity contribution is 7.89. The molecule has 8 heteroatoms. The van der Waals surface area contributed by atoms with Gasteiger partial charge in [0, 0.05) is 12.2 Å². The molecular formula is C17H17ClN2O4S. The molecule has 0 saturated carbocycles. The van der Waals surface area contributed by atoms with Crippen LogP contribution in [-0.2, 0) is 14.8 Å². The number of amides is 1. The third-order valence-electron chi connectivity index (χ3n) is 3.06. The van der Waals surface area contributed by atoms with Crippen molar-refractivity contribution in [3.63, 3.8) is 0 Å². The van der Waals surface area contributed by atoms with E-state index >= 15 is 0 Å². The number of rotatable bonds is 8. The van der Waals surface area contributed by atoms with E-state index in [1.807, 2.05) is 0 Å². The molecule has 0 aliphatic rings. The van der Waals surface area contributed by atoms with Gasteiger partial charge in [-0.1, -0.05) is 29.8 Å². The van der Waals surface area contributed by atoms with Gasteiger partial charge in [-0.25, -0.2) is 13.1 Å². The van der Waals surface area contributed by atoms with E-state index in [-0.39, 0.29) is 24.0 Å². The number of sulfonamides is 1. The summed E-state index contributed by atoms with van der Waals surface area (Å²) in [5.41, 5.74) is 0.454. The van der Waals surface area contributed by atoms with Crippen LogP contribution in [0.15, 0.2) is 66.1 Å². The second-order valence-corrected chi connectivity index (χ2v) is 7.11. The summed E-state index contributed by atoms with van der Waals surface area (Å²) in [6.07, 6.45) is 1.45. The zero-order chi connectivity index (χ0) is 18.3. The Morgan fingerprint density at radius 3 is 2.48 bits per heavy atom. The minimum atomic E-state index is -3.59. The van der Waals surface area contributed by atoms with Crippen molar-refractivity contribution in [2.24, 2.45) is 0 Å². The molecule has 0 fully saturated rings. The Morgan fingerprint density at radius 1 is 1.16 bits per heavy atom. The first-order chi connectivity index (χ1) is 11.9. The SMILES string of the molecule is C=CCNS(=O)(=O)c1ccc(NC(=O)COc2ccccc2Cl)cc1. The maximum atomic E-state index is 11.9. The molecule has 2 aromatic carbocycles. The van der Waals surface area contributed by atoms with Crippen molar-refractivity contribution in [3.05, 3.63) is 66.2 Å². The molecule has 2 rings (SSSR count). The standard InChI is InChI=1S/C17H17ClN2O4S/c1-2-11-19-25(22,23)14-9-7-13(8-10-14)20-17(21)12-24-16-6-4-3-5-15(16)18/h2-10,19H,1,11-12H2,(H,20,21). The Hall–Kier alpha value is -2.35. The summed E-state index contributed by atoms with van der Waals surface area (Å²) in [6.45, 7) is 3.38. The molecule has 0 aliphatic carbocycles. The summed E-state index contributed by atoms with van der Waals surface area (Å²) < 4.78 is 31.6. The van der Waals surface area contributed by atoms with Crippen LogP contribution < -0.4 is 14.8 Å². The van der Waals surface area contributed by atoms with E-state index in [0.717, 1.165) is 0 Å². The minimum absolute atomic E-state index is 0.0969. The normalized spacial score (nSPS) is 10.9. The highest BCUT2D eigenvalue weighted by atomic mass is 35.5. The molecule has 0 heterocycles. The predicted molar refractivity (Wildman–Crippen MR) is 97.4 cm³/mol. The van der Waals surface area contributed by atoms with Crippen molar-refractivity contribution in [3.8, 4) is 5.75 Å². The van der Waals surface area contributed by atoms with Crippen LogP contribution in [0.3, 0.4) is 0 Å². The van der Waals surface area contributed by atoms with E-state index in [0.29, 0.717) is 16.5 Å². The van der Waals surface area contributed by atoms with Gasteiger partial charge in [0.05, 0.1) is 9.92 Å². The topological polar surface area (TPSA) is 84.5 Å². The zero-order valence-corrected chi connectivity index (χ0v) is 14.8. The molecule has 2 aromatic rings. The number of carbonyl (C=O) groups is 1. The summed E-state index contributed by atoms with van der Waals surface area (Å²) >= 11 is 5.94. The fraction of sp³-hybridized carbons (Fsp3) is 0.118. The second-order valence-electron chi connectivity index (χ2n) is 4.93. The fourth-order valence-electron chi connectivity index (χ4n) is 1.87. The van der Waals surface area contributed by atoms with Crippen LogP contribution in [0.1, 0.15) is 0 Å². The first-order valence-electron chi connectivity index (χ1n) is 7.30. The Kier molecular flexibility index (Phi) is 6.58. The number of nitrogens with one attached hydrogen (secondary N) is 2. The summed E-state index contributed by atoms with van der Waals surface area (Å²) in [4.78, 5) is 12.0. The van der Waals surface area contributed by atoms with Gasteiger partial charge in [-0.05, 0) is 36.4 Å². The van der Waals surface area contributed by atoms with E-state index in [9.17, 15) is 13.2 Å². The Balaban J connectivity index is 1.93. The summed E-state index contributed by atoms with van der Waals surface area (Å²) in [7, 11) is -3.59. The van der Waals surface area contributed by atoms with Crippen molar-refractivity contribution < 1.29 is 17.9 Å². The molecule has 1 amide bonds. The predicted octanol–water partition coefficient (Wildman–Crippen LogP) is 2.82. The number of halogens is 1. The van der Waals surface area contributed by atoms with Gasteiger partial charge in [-0.2, -0.15) is 0 Å². The Bertz CT molecular complexity index is 851. The first-order valence-corrected chi connectivity index (χ1v) is 9.16. The molecule has 0 bridgehead atoms. The van der Waals surface area contributed by atoms with Crippen molar-refractivity contribution in [2.45, 2.75) is 4.90 Å². The Morgan fingerprint density at radius 2 is 1.84 bits per heavy atom. The molecule has 2 N–H and O–H groups in total. The van der Waals surface area contributed by atoms with E-state index in [2.05, 4.69) is 16.6 Å². The lowest BCUT2D eigenvalue weighted by Gasteiger charge is -2.09. The van der Waals surface area contributed by atoms with Crippen LogP contribution in [-0.4, -0.2) is 27.5 Å². The lowest BCUT2D eigenvalue weighted by molar-refractivity contribution is -0.118. The number of hydrogen-bond donors (Lipinski definition) is 2. The smallest absolute Gasteiger partial charge is 0.262 e. The minimum Gasteiger partial charge on any atom is -0.482 e. The van der Waals surface area contributed by atoms with Crippen molar-refractivity contribution in [1.29, 1.82) is 0 Å². The highest BCUT2D eigenvalue weighted by Crippen LogP contribution is 2.23. The molecule has 25 heavy (non-hydrogen) atoms. The van der Waals surface area contributed by atoms with Gasteiger partial charge in [0.25, 0.3) is 5.91 Å². The van der Waals surface area contributed by atoms with Gasteiger partial charge in [-0.15, -0.1) is 6.58 Å². The van der Waals surface area contributed by atoms with Crippen molar-refractivity contribution in [1.82, 2.24) is 4.72 Å². The number of anilines is 1. The van der Waals surface area contributed by atoms with Crippen LogP contribution in [0.2, 0.25) is 5.02 Å². The van der Waals surface area contributed by atoms with Crippen LogP contribution in [0.25, 0.3) is 0 Å². The van der Waals surface area contributed by atoms with Crippen LogP contribution >= 0.6 is 11.6 Å².